The van der Waals surface area contributed by atoms with Crippen LogP contribution in [0.2, 0.25) is 0 Å². The van der Waals surface area contributed by atoms with Crippen LogP contribution >= 0.6 is 0 Å². The summed E-state index contributed by atoms with van der Waals surface area (Å²) in [6, 6.07) is 19.1. The third-order valence-electron chi connectivity index (χ3n) is 2.93. The molecule has 95 valence electrons. The summed E-state index contributed by atoms with van der Waals surface area (Å²) in [5, 5.41) is 0. The standard InChI is InChI=1S/C16H13.2FH.Zr/c1-2-6-13(7-3-1)10-14-11-15-8-4-5-9-16(15)12-14;;;/h1-9,11-12H,10H2;2*1H;/q;;;+2/p-2. The van der Waals surface area contributed by atoms with Crippen molar-refractivity contribution in [2.45, 2.75) is 6.42 Å². The van der Waals surface area contributed by atoms with Crippen LogP contribution in [-0.2, 0) is 30.9 Å². The van der Waals surface area contributed by atoms with Crippen molar-refractivity contribution < 1.29 is 29.7 Å². The van der Waals surface area contributed by atoms with Crippen molar-refractivity contribution in [3.63, 3.8) is 0 Å². The van der Waals surface area contributed by atoms with Gasteiger partial charge in [-0.05, 0) is 23.1 Å². The Morgan fingerprint density at radius 2 is 1.37 bits per heavy atom. The normalized spacial score (nSPS) is 12.0. The molecule has 0 atom stereocenters. The Kier molecular flexibility index (Phi) is 5.66. The molecule has 0 heterocycles. The molecule has 0 aliphatic heterocycles. The predicted molar refractivity (Wildman–Crippen MR) is 70.2 cm³/mol. The molecule has 0 saturated carbocycles. The minimum absolute atomic E-state index is 1.02. The number of benzene rings is 2. The van der Waals surface area contributed by atoms with Crippen LogP contribution in [0.3, 0.4) is 0 Å². The molecule has 0 saturated heterocycles. The Hall–Kier alpha value is -1.08. The van der Waals surface area contributed by atoms with E-state index in [1.165, 1.54) is 22.3 Å². The molecule has 1 aliphatic rings. The van der Waals surface area contributed by atoms with Gasteiger partial charge in [0, 0.05) is 6.42 Å². The van der Waals surface area contributed by atoms with Crippen molar-refractivity contribution in [2.24, 2.45) is 0 Å². The summed E-state index contributed by atoms with van der Waals surface area (Å²) >= 11 is -2.77. The Balaban J connectivity index is 0.000000408. The maximum absolute atomic E-state index is 9.80. The van der Waals surface area contributed by atoms with E-state index in [9.17, 15) is 5.25 Å². The van der Waals surface area contributed by atoms with Gasteiger partial charge in [0.2, 0.25) is 0 Å². The average molecular weight is 334 g/mol. The fraction of sp³-hybridized carbons (Fsp3) is 0.0625. The number of fused-ring (bicyclic) bond motifs is 1. The number of allylic oxidation sites excluding steroid dienone is 1. The quantitative estimate of drug-likeness (QED) is 0.746. The topological polar surface area (TPSA) is 0 Å². The molecule has 0 amide bonds. The molecule has 3 heteroatoms. The van der Waals surface area contributed by atoms with Crippen molar-refractivity contribution in [3.8, 4) is 0 Å². The zero-order valence-electron chi connectivity index (χ0n) is 10.3. The minimum atomic E-state index is -2.77. The fourth-order valence-corrected chi connectivity index (χ4v) is 2.15. The second kappa shape index (κ2) is 7.50. The van der Waals surface area contributed by atoms with Crippen molar-refractivity contribution in [2.75, 3.05) is 0 Å². The molecule has 0 N–H and O–H groups in total. The first-order chi connectivity index (χ1) is 9.33. The van der Waals surface area contributed by atoms with E-state index in [0.29, 0.717) is 0 Å². The number of halogens is 2. The Morgan fingerprint density at radius 3 is 2.00 bits per heavy atom. The van der Waals surface area contributed by atoms with Crippen molar-refractivity contribution >= 4 is 6.08 Å². The summed E-state index contributed by atoms with van der Waals surface area (Å²) in [7, 11) is 0. The van der Waals surface area contributed by atoms with E-state index < -0.39 is 24.5 Å². The molecule has 1 radical (unpaired) electrons. The van der Waals surface area contributed by atoms with Crippen LogP contribution in [0.25, 0.3) is 6.08 Å². The van der Waals surface area contributed by atoms with Gasteiger partial charge in [-0.1, -0.05) is 66.2 Å². The van der Waals surface area contributed by atoms with Crippen LogP contribution in [-0.4, -0.2) is 0 Å². The maximum atomic E-state index is 9.80. The van der Waals surface area contributed by atoms with Crippen LogP contribution < -0.4 is 0 Å². The molecule has 2 aromatic rings. The van der Waals surface area contributed by atoms with E-state index in [1.807, 2.05) is 0 Å². The van der Waals surface area contributed by atoms with E-state index in [2.05, 4.69) is 67.1 Å². The summed E-state index contributed by atoms with van der Waals surface area (Å²) in [5.74, 6) is 0. The molecule has 19 heavy (non-hydrogen) atoms. The molecule has 0 spiro atoms. The van der Waals surface area contributed by atoms with E-state index >= 15 is 0 Å². The SMILES string of the molecule is [CH]1C(Cc2ccccc2)=Cc2ccccc21.[F][Zr][F]. The van der Waals surface area contributed by atoms with Crippen molar-refractivity contribution in [3.05, 3.63) is 83.3 Å². The molecule has 1 aliphatic carbocycles. The number of rotatable bonds is 2. The molecular formula is C16H13F2Zr. The summed E-state index contributed by atoms with van der Waals surface area (Å²) in [5.41, 5.74) is 5.45. The van der Waals surface area contributed by atoms with Crippen LogP contribution in [0.5, 0.6) is 0 Å². The van der Waals surface area contributed by atoms with E-state index in [4.69, 9.17) is 0 Å². The van der Waals surface area contributed by atoms with E-state index in [1.54, 1.807) is 0 Å². The van der Waals surface area contributed by atoms with Gasteiger partial charge in [0.15, 0.2) is 0 Å². The molecular weight excluding hydrogens is 321 g/mol. The Morgan fingerprint density at radius 1 is 0.789 bits per heavy atom. The number of hydrogen-bond donors (Lipinski definition) is 0. The molecule has 0 fully saturated rings. The van der Waals surface area contributed by atoms with Gasteiger partial charge in [-0.15, -0.1) is 0 Å². The van der Waals surface area contributed by atoms with Gasteiger partial charge in [0.25, 0.3) is 0 Å². The van der Waals surface area contributed by atoms with Gasteiger partial charge in [-0.3, -0.25) is 0 Å². The van der Waals surface area contributed by atoms with Gasteiger partial charge in [-0.25, -0.2) is 0 Å². The molecule has 0 bridgehead atoms. The first-order valence-electron chi connectivity index (χ1n) is 5.98. The summed E-state index contributed by atoms with van der Waals surface area (Å²) in [6.45, 7) is 0. The second-order valence-electron chi connectivity index (χ2n) is 4.23. The molecule has 0 aromatic heterocycles. The fourth-order valence-electron chi connectivity index (χ4n) is 2.15. The Labute approximate surface area is 125 Å². The monoisotopic (exact) mass is 333 g/mol. The van der Waals surface area contributed by atoms with Crippen molar-refractivity contribution in [1.29, 1.82) is 0 Å². The van der Waals surface area contributed by atoms with Gasteiger partial charge in [-0.2, -0.15) is 0 Å². The van der Waals surface area contributed by atoms with Gasteiger partial charge in [0.05, 0.1) is 0 Å². The zero-order valence-corrected chi connectivity index (χ0v) is 12.8. The first kappa shape index (κ1) is 14.3. The molecule has 3 rings (SSSR count). The average Bonchev–Trinajstić information content (AvgIpc) is 2.83. The molecule has 2 aromatic carbocycles. The molecule has 0 nitrogen and oxygen atoms in total. The number of hydrogen-bond acceptors (Lipinski definition) is 0. The van der Waals surface area contributed by atoms with E-state index in [0.717, 1.165) is 6.42 Å². The second-order valence-corrected chi connectivity index (χ2v) is 4.58. The van der Waals surface area contributed by atoms with Crippen molar-refractivity contribution in [1.82, 2.24) is 0 Å². The summed E-state index contributed by atoms with van der Waals surface area (Å²) < 4.78 is 19.6. The van der Waals surface area contributed by atoms with Gasteiger partial charge in [0.1, 0.15) is 0 Å². The third kappa shape index (κ3) is 4.21. The van der Waals surface area contributed by atoms with Crippen LogP contribution in [0.15, 0.2) is 60.2 Å². The van der Waals surface area contributed by atoms with Gasteiger partial charge >= 0.3 is 29.7 Å². The van der Waals surface area contributed by atoms with Crippen LogP contribution in [0.1, 0.15) is 16.7 Å². The van der Waals surface area contributed by atoms with Crippen LogP contribution in [0.4, 0.5) is 5.25 Å². The summed E-state index contributed by atoms with van der Waals surface area (Å²) in [6.07, 6.45) is 5.58. The molecule has 0 unspecified atom stereocenters. The van der Waals surface area contributed by atoms with Gasteiger partial charge < -0.3 is 0 Å². The first-order valence-corrected chi connectivity index (χ1v) is 7.84. The van der Waals surface area contributed by atoms with Crippen LogP contribution in [0, 0.1) is 6.42 Å². The van der Waals surface area contributed by atoms with E-state index in [-0.39, 0.29) is 0 Å². The Bertz CT molecular complexity index is 550. The predicted octanol–water partition coefficient (Wildman–Crippen LogP) is 4.72. The third-order valence-corrected chi connectivity index (χ3v) is 2.93. The zero-order chi connectivity index (χ0) is 13.5. The summed E-state index contributed by atoms with van der Waals surface area (Å²) in [4.78, 5) is 0.